The van der Waals surface area contributed by atoms with E-state index in [1.165, 1.54) is 0 Å². The first-order valence-corrected chi connectivity index (χ1v) is 5.99. The zero-order valence-corrected chi connectivity index (χ0v) is 11.0. The van der Waals surface area contributed by atoms with Gasteiger partial charge in [-0.25, -0.2) is 5.84 Å². The summed E-state index contributed by atoms with van der Waals surface area (Å²) >= 11 is 0. The molecule has 1 aromatic heterocycles. The molecule has 1 aromatic rings. The molecule has 0 bridgehead atoms. The van der Waals surface area contributed by atoms with E-state index in [1.54, 1.807) is 0 Å². The van der Waals surface area contributed by atoms with Crippen LogP contribution < -0.4 is 21.5 Å². The highest BCUT2D eigenvalue weighted by Crippen LogP contribution is 2.13. The summed E-state index contributed by atoms with van der Waals surface area (Å²) in [6, 6.07) is -0.137. The lowest BCUT2D eigenvalue weighted by Gasteiger charge is -2.20. The summed E-state index contributed by atoms with van der Waals surface area (Å²) in [5.74, 6) is 6.57. The fourth-order valence-corrected chi connectivity index (χ4v) is 1.41. The molecule has 0 aromatic carbocycles. The quantitative estimate of drug-likeness (QED) is 0.391. The molecule has 0 fully saturated rings. The summed E-state index contributed by atoms with van der Waals surface area (Å²) in [6.07, 6.45) is 0. The fraction of sp³-hybridized carbons (Fsp3) is 0.700. The highest BCUT2D eigenvalue weighted by Gasteiger charge is 2.11. The number of nitrogens with one attached hydrogen (secondary N) is 2. The van der Waals surface area contributed by atoms with Gasteiger partial charge in [0.25, 0.3) is 0 Å². The molecule has 0 radical (unpaired) electrons. The number of hydrogen-bond acceptors (Lipinski definition) is 8. The van der Waals surface area contributed by atoms with Gasteiger partial charge in [-0.3, -0.25) is 5.43 Å². The van der Waals surface area contributed by atoms with Crippen LogP contribution in [-0.4, -0.2) is 45.8 Å². The van der Waals surface area contributed by atoms with Gasteiger partial charge in [-0.15, -0.1) is 0 Å². The second-order valence-electron chi connectivity index (χ2n) is 3.83. The van der Waals surface area contributed by atoms with Gasteiger partial charge in [0.2, 0.25) is 17.8 Å². The van der Waals surface area contributed by atoms with Crippen LogP contribution in [-0.2, 0) is 0 Å². The van der Waals surface area contributed by atoms with E-state index in [0.717, 1.165) is 13.1 Å². The number of anilines is 3. The molecule has 0 aliphatic heterocycles. The minimum Gasteiger partial charge on any atom is -0.394 e. The predicted molar refractivity (Wildman–Crippen MR) is 71.4 cm³/mol. The van der Waals surface area contributed by atoms with E-state index in [-0.39, 0.29) is 12.6 Å². The zero-order valence-electron chi connectivity index (χ0n) is 11.0. The van der Waals surface area contributed by atoms with Crippen molar-refractivity contribution < 1.29 is 5.11 Å². The normalized spacial score (nSPS) is 12.1. The Hall–Kier alpha value is -1.67. The molecule has 0 aliphatic carbocycles. The highest BCUT2D eigenvalue weighted by atomic mass is 16.3. The van der Waals surface area contributed by atoms with Crippen LogP contribution in [0.15, 0.2) is 0 Å². The predicted octanol–water partition coefficient (Wildman–Crippen LogP) is -0.204. The summed E-state index contributed by atoms with van der Waals surface area (Å²) in [5, 5.41) is 12.0. The number of nitrogens with two attached hydrogens (primary N) is 1. The van der Waals surface area contributed by atoms with E-state index in [1.807, 2.05) is 25.7 Å². The van der Waals surface area contributed by atoms with Gasteiger partial charge in [0.05, 0.1) is 6.61 Å². The first-order chi connectivity index (χ1) is 8.64. The van der Waals surface area contributed by atoms with E-state index >= 15 is 0 Å². The largest absolute Gasteiger partial charge is 0.394 e. The van der Waals surface area contributed by atoms with Crippen molar-refractivity contribution in [2.75, 3.05) is 35.3 Å². The van der Waals surface area contributed by atoms with Gasteiger partial charge in [-0.05, 0) is 20.8 Å². The maximum atomic E-state index is 9.01. The number of rotatable bonds is 7. The summed E-state index contributed by atoms with van der Waals surface area (Å²) < 4.78 is 0. The molecule has 1 unspecified atom stereocenters. The van der Waals surface area contributed by atoms with Crippen LogP contribution in [0.5, 0.6) is 0 Å². The Labute approximate surface area is 107 Å². The second kappa shape index (κ2) is 6.92. The lowest BCUT2D eigenvalue weighted by Crippen LogP contribution is -2.27. The molecule has 8 heteroatoms. The van der Waals surface area contributed by atoms with Gasteiger partial charge >= 0.3 is 0 Å². The first kappa shape index (κ1) is 14.4. The molecule has 1 rings (SSSR count). The molecule has 0 aliphatic rings. The lowest BCUT2D eigenvalue weighted by atomic mass is 10.4. The van der Waals surface area contributed by atoms with E-state index in [2.05, 4.69) is 25.7 Å². The average Bonchev–Trinajstić information content (AvgIpc) is 2.39. The minimum atomic E-state index is -0.137. The van der Waals surface area contributed by atoms with Crippen molar-refractivity contribution in [1.29, 1.82) is 0 Å². The summed E-state index contributed by atoms with van der Waals surface area (Å²) in [5.41, 5.74) is 2.41. The van der Waals surface area contributed by atoms with E-state index < -0.39 is 0 Å². The van der Waals surface area contributed by atoms with Gasteiger partial charge < -0.3 is 15.3 Å². The van der Waals surface area contributed by atoms with Crippen LogP contribution in [0.25, 0.3) is 0 Å². The van der Waals surface area contributed by atoms with E-state index in [9.17, 15) is 0 Å². The molecule has 5 N–H and O–H groups in total. The highest BCUT2D eigenvalue weighted by molar-refractivity contribution is 5.43. The second-order valence-corrected chi connectivity index (χ2v) is 3.83. The summed E-state index contributed by atoms with van der Waals surface area (Å²) in [4.78, 5) is 14.6. The van der Waals surface area contributed by atoms with Gasteiger partial charge in [0.1, 0.15) is 0 Å². The topological polar surface area (TPSA) is 112 Å². The molecular weight excluding hydrogens is 234 g/mol. The molecule has 0 amide bonds. The third-order valence-corrected chi connectivity index (χ3v) is 2.45. The van der Waals surface area contributed by atoms with Gasteiger partial charge in [-0.1, -0.05) is 0 Å². The van der Waals surface area contributed by atoms with E-state index in [0.29, 0.717) is 17.8 Å². The van der Waals surface area contributed by atoms with Gasteiger partial charge in [-0.2, -0.15) is 15.0 Å². The zero-order chi connectivity index (χ0) is 13.5. The van der Waals surface area contributed by atoms with Crippen LogP contribution in [0.2, 0.25) is 0 Å². The Bertz CT molecular complexity index is 369. The Balaban J connectivity index is 3.00. The van der Waals surface area contributed by atoms with Crippen molar-refractivity contribution in [3.05, 3.63) is 0 Å². The number of hydrazine groups is 1. The number of nitrogen functional groups attached to an aromatic ring is 1. The Morgan fingerprint density at radius 2 is 1.83 bits per heavy atom. The Kier molecular flexibility index (Phi) is 5.53. The standard InChI is InChI=1S/C10H21N7O/c1-4-17(5-2)10-14-8(12-7(3)6-18)13-9(15-10)16-11/h7,18H,4-6,11H2,1-3H3,(H2,12,13,14,15,16). The molecule has 0 saturated carbocycles. The minimum absolute atomic E-state index is 0.00231. The molecule has 1 heterocycles. The third kappa shape index (κ3) is 3.67. The number of aliphatic hydroxyl groups excluding tert-OH is 1. The van der Waals surface area contributed by atoms with Crippen molar-refractivity contribution in [3.63, 3.8) is 0 Å². The lowest BCUT2D eigenvalue weighted by molar-refractivity contribution is 0.281. The maximum Gasteiger partial charge on any atom is 0.243 e. The summed E-state index contributed by atoms with van der Waals surface area (Å²) in [6.45, 7) is 7.45. The summed E-state index contributed by atoms with van der Waals surface area (Å²) in [7, 11) is 0. The average molecular weight is 255 g/mol. The van der Waals surface area contributed by atoms with Crippen LogP contribution in [0, 0.1) is 0 Å². The number of aliphatic hydroxyl groups is 1. The smallest absolute Gasteiger partial charge is 0.243 e. The molecular formula is C10H21N7O. The Morgan fingerprint density at radius 1 is 1.22 bits per heavy atom. The number of aromatic nitrogens is 3. The van der Waals surface area contributed by atoms with Crippen molar-refractivity contribution in [3.8, 4) is 0 Å². The number of hydrogen-bond donors (Lipinski definition) is 4. The van der Waals surface area contributed by atoms with Crippen LogP contribution in [0.4, 0.5) is 17.8 Å². The molecule has 8 nitrogen and oxygen atoms in total. The first-order valence-electron chi connectivity index (χ1n) is 5.99. The maximum absolute atomic E-state index is 9.01. The van der Waals surface area contributed by atoms with Crippen molar-refractivity contribution >= 4 is 17.8 Å². The van der Waals surface area contributed by atoms with Crippen molar-refractivity contribution in [1.82, 2.24) is 15.0 Å². The molecule has 18 heavy (non-hydrogen) atoms. The monoisotopic (exact) mass is 255 g/mol. The van der Waals surface area contributed by atoms with Crippen molar-refractivity contribution in [2.45, 2.75) is 26.8 Å². The van der Waals surface area contributed by atoms with Crippen molar-refractivity contribution in [2.24, 2.45) is 5.84 Å². The molecule has 1 atom stereocenters. The Morgan fingerprint density at radius 3 is 2.33 bits per heavy atom. The third-order valence-electron chi connectivity index (χ3n) is 2.45. The van der Waals surface area contributed by atoms with Gasteiger partial charge in [0.15, 0.2) is 0 Å². The SMILES string of the molecule is CCN(CC)c1nc(NN)nc(NC(C)CO)n1. The molecule has 0 spiro atoms. The molecule has 102 valence electrons. The number of nitrogens with zero attached hydrogens (tertiary/aromatic N) is 4. The van der Waals surface area contributed by atoms with Crippen LogP contribution in [0.3, 0.4) is 0 Å². The fourth-order valence-electron chi connectivity index (χ4n) is 1.41. The van der Waals surface area contributed by atoms with Crippen LogP contribution >= 0.6 is 0 Å². The van der Waals surface area contributed by atoms with E-state index in [4.69, 9.17) is 10.9 Å². The molecule has 0 saturated heterocycles. The van der Waals surface area contributed by atoms with Crippen LogP contribution in [0.1, 0.15) is 20.8 Å². The van der Waals surface area contributed by atoms with Gasteiger partial charge in [0, 0.05) is 19.1 Å².